The normalized spacial score (nSPS) is 11.7. The van der Waals surface area contributed by atoms with Gasteiger partial charge in [-0.1, -0.05) is 33.2 Å². The molecule has 0 bridgehead atoms. The quantitative estimate of drug-likeness (QED) is 0.646. The van der Waals surface area contributed by atoms with Gasteiger partial charge >= 0.3 is 0 Å². The van der Waals surface area contributed by atoms with Crippen LogP contribution in [0.15, 0.2) is 50.3 Å². The molecule has 0 saturated heterocycles. The van der Waals surface area contributed by atoms with Crippen molar-refractivity contribution in [1.82, 2.24) is 5.16 Å². The van der Waals surface area contributed by atoms with E-state index in [1.54, 1.807) is 6.07 Å². The van der Waals surface area contributed by atoms with Crippen LogP contribution in [0, 0.1) is 12.7 Å². The highest BCUT2D eigenvalue weighted by molar-refractivity contribution is 9.10. The highest BCUT2D eigenvalue weighted by atomic mass is 79.9. The van der Waals surface area contributed by atoms with Gasteiger partial charge in [-0.3, -0.25) is 0 Å². The summed E-state index contributed by atoms with van der Waals surface area (Å²) < 4.78 is 43.1. The standard InChI is InChI=1S/C17H14BrFN2O4S/c1-9-6-11(2-4-12(9)18)17-16(14(8-22)25-21-17)10-3-5-15(13(19)7-10)26(20,23)24/h2-7,22H,8H2,1H3,(H2,20,23,24). The van der Waals surface area contributed by atoms with E-state index in [0.717, 1.165) is 22.2 Å². The summed E-state index contributed by atoms with van der Waals surface area (Å²) in [5.74, 6) is -0.851. The van der Waals surface area contributed by atoms with Crippen molar-refractivity contribution in [3.63, 3.8) is 0 Å². The molecule has 3 N–H and O–H groups in total. The number of halogens is 2. The number of aromatic nitrogens is 1. The molecule has 136 valence electrons. The maximum Gasteiger partial charge on any atom is 0.240 e. The lowest BCUT2D eigenvalue weighted by atomic mass is 9.98. The SMILES string of the molecule is Cc1cc(-c2noc(CO)c2-c2ccc(S(N)(=O)=O)c(F)c2)ccc1Br. The molecule has 0 spiro atoms. The van der Waals surface area contributed by atoms with Crippen molar-refractivity contribution in [2.45, 2.75) is 18.4 Å². The highest BCUT2D eigenvalue weighted by Gasteiger charge is 2.22. The van der Waals surface area contributed by atoms with Crippen LogP contribution in [0.25, 0.3) is 22.4 Å². The Balaban J connectivity index is 2.20. The maximum absolute atomic E-state index is 14.2. The first-order valence-electron chi connectivity index (χ1n) is 7.41. The van der Waals surface area contributed by atoms with Gasteiger partial charge in [-0.2, -0.15) is 0 Å². The van der Waals surface area contributed by atoms with Gasteiger partial charge in [0, 0.05) is 10.0 Å². The first-order chi connectivity index (χ1) is 12.2. The van der Waals surface area contributed by atoms with Crippen molar-refractivity contribution in [3.05, 3.63) is 58.0 Å². The molecule has 1 aromatic heterocycles. The molecule has 0 aliphatic carbocycles. The summed E-state index contributed by atoms with van der Waals surface area (Å²) in [5.41, 5.74) is 2.77. The molecule has 0 fully saturated rings. The Morgan fingerprint density at radius 3 is 2.50 bits per heavy atom. The van der Waals surface area contributed by atoms with E-state index in [2.05, 4.69) is 21.1 Å². The van der Waals surface area contributed by atoms with Crippen LogP contribution in [0.3, 0.4) is 0 Å². The Labute approximate surface area is 157 Å². The fourth-order valence-electron chi connectivity index (χ4n) is 2.61. The molecule has 0 radical (unpaired) electrons. The van der Waals surface area contributed by atoms with Crippen LogP contribution < -0.4 is 5.14 Å². The topological polar surface area (TPSA) is 106 Å². The molecular weight excluding hydrogens is 427 g/mol. The molecule has 0 aliphatic heterocycles. The van der Waals surface area contributed by atoms with Crippen LogP contribution in [0.1, 0.15) is 11.3 Å². The zero-order valence-electron chi connectivity index (χ0n) is 13.5. The minimum atomic E-state index is -4.18. The van der Waals surface area contributed by atoms with Crippen LogP contribution in [-0.2, 0) is 16.6 Å². The van der Waals surface area contributed by atoms with Crippen molar-refractivity contribution in [2.24, 2.45) is 5.14 Å². The van der Waals surface area contributed by atoms with Crippen LogP contribution in [0.4, 0.5) is 4.39 Å². The second-order valence-corrected chi connectivity index (χ2v) is 8.03. The van der Waals surface area contributed by atoms with E-state index < -0.39 is 27.3 Å². The average molecular weight is 441 g/mol. The van der Waals surface area contributed by atoms with Crippen molar-refractivity contribution in [1.29, 1.82) is 0 Å². The molecule has 3 aromatic rings. The Kier molecular flexibility index (Phi) is 4.98. The molecule has 9 heteroatoms. The number of rotatable bonds is 4. The zero-order valence-corrected chi connectivity index (χ0v) is 15.9. The number of sulfonamides is 1. The summed E-state index contributed by atoms with van der Waals surface area (Å²) in [4.78, 5) is -0.607. The van der Waals surface area contributed by atoms with Gasteiger partial charge in [0.25, 0.3) is 0 Å². The lowest BCUT2D eigenvalue weighted by Gasteiger charge is -2.07. The Hall–Kier alpha value is -2.07. The molecular formula is C17H14BrFN2O4S. The summed E-state index contributed by atoms with van der Waals surface area (Å²) >= 11 is 3.42. The predicted octanol–water partition coefficient (Wildman–Crippen LogP) is 3.36. The smallest absolute Gasteiger partial charge is 0.240 e. The van der Waals surface area contributed by atoms with E-state index >= 15 is 0 Å². The lowest BCUT2D eigenvalue weighted by molar-refractivity contribution is 0.230. The molecule has 0 aliphatic rings. The number of hydrogen-bond acceptors (Lipinski definition) is 5. The monoisotopic (exact) mass is 440 g/mol. The number of benzene rings is 2. The second-order valence-electron chi connectivity index (χ2n) is 5.64. The molecule has 0 atom stereocenters. The first kappa shape index (κ1) is 18.7. The van der Waals surface area contributed by atoms with Crippen molar-refractivity contribution in [3.8, 4) is 22.4 Å². The van der Waals surface area contributed by atoms with Gasteiger partial charge in [-0.05, 0) is 42.3 Å². The maximum atomic E-state index is 14.2. The van der Waals surface area contributed by atoms with Crippen LogP contribution in [0.5, 0.6) is 0 Å². The number of nitrogens with zero attached hydrogens (tertiary/aromatic N) is 1. The minimum Gasteiger partial charge on any atom is -0.388 e. The Morgan fingerprint density at radius 2 is 1.92 bits per heavy atom. The number of aliphatic hydroxyl groups is 1. The van der Waals surface area contributed by atoms with E-state index in [0.29, 0.717) is 22.4 Å². The van der Waals surface area contributed by atoms with Gasteiger partial charge in [-0.15, -0.1) is 0 Å². The molecule has 26 heavy (non-hydrogen) atoms. The van der Waals surface area contributed by atoms with Crippen molar-refractivity contribution in [2.75, 3.05) is 0 Å². The summed E-state index contributed by atoms with van der Waals surface area (Å²) in [6.45, 7) is 1.46. The Morgan fingerprint density at radius 1 is 1.23 bits per heavy atom. The summed E-state index contributed by atoms with van der Waals surface area (Å²) in [5, 5.41) is 18.5. The second kappa shape index (κ2) is 6.92. The Bertz CT molecular complexity index is 1100. The molecule has 0 saturated carbocycles. The molecule has 1 heterocycles. The molecule has 2 aromatic carbocycles. The van der Waals surface area contributed by atoms with E-state index in [1.807, 2.05) is 19.1 Å². The van der Waals surface area contributed by atoms with Gasteiger partial charge in [0.05, 0.1) is 5.56 Å². The number of nitrogens with two attached hydrogens (primary N) is 1. The summed E-state index contributed by atoms with van der Waals surface area (Å²) in [7, 11) is -4.18. The van der Waals surface area contributed by atoms with Crippen LogP contribution >= 0.6 is 15.9 Å². The largest absolute Gasteiger partial charge is 0.388 e. The molecule has 6 nitrogen and oxygen atoms in total. The molecule has 0 amide bonds. The third-order valence-electron chi connectivity index (χ3n) is 3.86. The van der Waals surface area contributed by atoms with Gasteiger partial charge < -0.3 is 9.63 Å². The van der Waals surface area contributed by atoms with E-state index in [4.69, 9.17) is 9.66 Å². The number of hydrogen-bond donors (Lipinski definition) is 2. The van der Waals surface area contributed by atoms with Gasteiger partial charge in [0.15, 0.2) is 5.76 Å². The van der Waals surface area contributed by atoms with E-state index in [1.165, 1.54) is 6.07 Å². The lowest BCUT2D eigenvalue weighted by Crippen LogP contribution is -2.14. The average Bonchev–Trinajstić information content (AvgIpc) is 3.00. The van der Waals surface area contributed by atoms with Gasteiger partial charge in [-0.25, -0.2) is 17.9 Å². The van der Waals surface area contributed by atoms with Crippen molar-refractivity contribution < 1.29 is 22.4 Å². The fourth-order valence-corrected chi connectivity index (χ4v) is 3.44. The number of primary sulfonamides is 1. The molecule has 0 unspecified atom stereocenters. The third-order valence-corrected chi connectivity index (χ3v) is 5.70. The summed E-state index contributed by atoms with van der Waals surface area (Å²) in [6, 6.07) is 9.00. The number of aryl methyl sites for hydroxylation is 1. The fraction of sp³-hybridized carbons (Fsp3) is 0.118. The van der Waals surface area contributed by atoms with E-state index in [-0.39, 0.29) is 5.76 Å². The zero-order chi connectivity index (χ0) is 19.1. The van der Waals surface area contributed by atoms with Gasteiger partial charge in [0.2, 0.25) is 10.0 Å². The van der Waals surface area contributed by atoms with Gasteiger partial charge in [0.1, 0.15) is 23.0 Å². The third kappa shape index (κ3) is 3.43. The highest BCUT2D eigenvalue weighted by Crippen LogP contribution is 2.36. The van der Waals surface area contributed by atoms with Crippen molar-refractivity contribution >= 4 is 26.0 Å². The number of aliphatic hydroxyl groups excluding tert-OH is 1. The minimum absolute atomic E-state index is 0.142. The molecule has 3 rings (SSSR count). The summed E-state index contributed by atoms with van der Waals surface area (Å²) in [6.07, 6.45) is 0. The van der Waals surface area contributed by atoms with Crippen LogP contribution in [0.2, 0.25) is 0 Å². The first-order valence-corrected chi connectivity index (χ1v) is 9.75. The predicted molar refractivity (Wildman–Crippen MR) is 97.1 cm³/mol. The van der Waals surface area contributed by atoms with Crippen LogP contribution in [-0.4, -0.2) is 18.7 Å². The van der Waals surface area contributed by atoms with E-state index in [9.17, 15) is 17.9 Å².